The number of ether oxygens (including phenoxy) is 2. The van der Waals surface area contributed by atoms with Crippen molar-refractivity contribution >= 4 is 19.8 Å². The second-order valence-electron chi connectivity index (χ2n) is 4.76. The second-order valence-corrected chi connectivity index (χ2v) is 4.76. The molecular formula is C12H21BO4. The van der Waals surface area contributed by atoms with Gasteiger partial charge in [0.1, 0.15) is 14.0 Å². The van der Waals surface area contributed by atoms with Gasteiger partial charge in [0.2, 0.25) is 0 Å². The van der Waals surface area contributed by atoms with E-state index in [1.165, 1.54) is 0 Å². The summed E-state index contributed by atoms with van der Waals surface area (Å²) in [7, 11) is 2.13. The maximum atomic E-state index is 11.3. The third-order valence-electron chi connectivity index (χ3n) is 3.18. The summed E-state index contributed by atoms with van der Waals surface area (Å²) in [5.41, 5.74) is 0. The Morgan fingerprint density at radius 3 is 2.41 bits per heavy atom. The first-order valence-corrected chi connectivity index (χ1v) is 6.41. The van der Waals surface area contributed by atoms with Crippen LogP contribution >= 0.6 is 0 Å². The highest BCUT2D eigenvalue weighted by Crippen LogP contribution is 2.35. The first kappa shape index (κ1) is 14.1. The van der Waals surface area contributed by atoms with Crippen LogP contribution in [0.1, 0.15) is 39.5 Å². The zero-order valence-corrected chi connectivity index (χ0v) is 10.9. The third-order valence-corrected chi connectivity index (χ3v) is 3.18. The average Bonchev–Trinajstić information content (AvgIpc) is 2.66. The minimum absolute atomic E-state index is 0.0814. The van der Waals surface area contributed by atoms with E-state index in [0.29, 0.717) is 25.3 Å². The van der Waals surface area contributed by atoms with Crippen LogP contribution in [-0.4, -0.2) is 32.5 Å². The Bertz CT molecular complexity index is 280. The van der Waals surface area contributed by atoms with E-state index in [9.17, 15) is 9.59 Å². The molecule has 1 aliphatic carbocycles. The van der Waals surface area contributed by atoms with Gasteiger partial charge in [-0.2, -0.15) is 0 Å². The van der Waals surface area contributed by atoms with Gasteiger partial charge in [0.15, 0.2) is 0 Å². The van der Waals surface area contributed by atoms with Crippen LogP contribution in [0.15, 0.2) is 0 Å². The fourth-order valence-corrected chi connectivity index (χ4v) is 2.23. The lowest BCUT2D eigenvalue weighted by atomic mass is 9.85. The van der Waals surface area contributed by atoms with Crippen LogP contribution in [0, 0.1) is 5.92 Å². The van der Waals surface area contributed by atoms with Crippen molar-refractivity contribution in [3.05, 3.63) is 0 Å². The van der Waals surface area contributed by atoms with Gasteiger partial charge in [0.05, 0.1) is 6.61 Å². The lowest BCUT2D eigenvalue weighted by Gasteiger charge is -2.19. The molecule has 0 spiro atoms. The highest BCUT2D eigenvalue weighted by atomic mass is 16.6. The molecule has 0 radical (unpaired) electrons. The van der Waals surface area contributed by atoms with Crippen LogP contribution in [0.2, 0.25) is 5.82 Å². The van der Waals surface area contributed by atoms with Gasteiger partial charge in [-0.1, -0.05) is 19.7 Å². The molecule has 17 heavy (non-hydrogen) atoms. The number of carbonyl (C=O) groups excluding carboxylic acids is 2. The molecule has 0 unspecified atom stereocenters. The van der Waals surface area contributed by atoms with Gasteiger partial charge in [0, 0.05) is 18.8 Å². The lowest BCUT2D eigenvalue weighted by molar-refractivity contribution is -0.153. The molecular weight excluding hydrogens is 219 g/mol. The zero-order chi connectivity index (χ0) is 12.8. The molecule has 3 atom stereocenters. The molecule has 0 bridgehead atoms. The van der Waals surface area contributed by atoms with Crippen LogP contribution in [0.5, 0.6) is 0 Å². The van der Waals surface area contributed by atoms with E-state index < -0.39 is 0 Å². The highest BCUT2D eigenvalue weighted by Gasteiger charge is 2.35. The van der Waals surface area contributed by atoms with Crippen LogP contribution < -0.4 is 0 Å². The normalized spacial score (nSPS) is 27.8. The van der Waals surface area contributed by atoms with E-state index >= 15 is 0 Å². The van der Waals surface area contributed by atoms with Crippen LogP contribution in [0.4, 0.5) is 0 Å². The van der Waals surface area contributed by atoms with E-state index in [4.69, 9.17) is 9.47 Å². The Morgan fingerprint density at radius 1 is 1.18 bits per heavy atom. The van der Waals surface area contributed by atoms with E-state index in [-0.39, 0.29) is 24.0 Å². The quantitative estimate of drug-likeness (QED) is 0.533. The van der Waals surface area contributed by atoms with Gasteiger partial charge in [-0.05, 0) is 12.8 Å². The monoisotopic (exact) mass is 240 g/mol. The molecule has 1 aliphatic rings. The molecule has 1 rings (SSSR count). The van der Waals surface area contributed by atoms with Crippen molar-refractivity contribution in [1.29, 1.82) is 0 Å². The molecule has 4 nitrogen and oxygen atoms in total. The Balaban J connectivity index is 2.44. The largest absolute Gasteiger partial charge is 0.465 e. The topological polar surface area (TPSA) is 52.6 Å². The first-order valence-electron chi connectivity index (χ1n) is 6.41. The van der Waals surface area contributed by atoms with Crippen LogP contribution in [0.25, 0.3) is 0 Å². The highest BCUT2D eigenvalue weighted by molar-refractivity contribution is 6.11. The predicted molar refractivity (Wildman–Crippen MR) is 66.4 cm³/mol. The smallest absolute Gasteiger partial charge is 0.305 e. The summed E-state index contributed by atoms with van der Waals surface area (Å²) in [6.07, 6.45) is 2.54. The Hall–Kier alpha value is -0.995. The van der Waals surface area contributed by atoms with Crippen molar-refractivity contribution in [2.75, 3.05) is 6.61 Å². The van der Waals surface area contributed by atoms with E-state index in [1.807, 2.05) is 0 Å². The molecule has 1 saturated carbocycles. The summed E-state index contributed by atoms with van der Waals surface area (Å²) in [5.74, 6) is 0.326. The molecule has 1 fully saturated rings. The second kappa shape index (κ2) is 6.67. The number of hydrogen-bond donors (Lipinski definition) is 0. The number of hydrogen-bond acceptors (Lipinski definition) is 4. The van der Waals surface area contributed by atoms with Gasteiger partial charge >= 0.3 is 11.9 Å². The van der Waals surface area contributed by atoms with Crippen molar-refractivity contribution in [3.8, 4) is 0 Å². The molecule has 96 valence electrons. The summed E-state index contributed by atoms with van der Waals surface area (Å²) in [6, 6.07) is 0. The van der Waals surface area contributed by atoms with Gasteiger partial charge in [-0.25, -0.2) is 0 Å². The van der Waals surface area contributed by atoms with Gasteiger partial charge in [0.25, 0.3) is 0 Å². The molecule has 5 heteroatoms. The summed E-state index contributed by atoms with van der Waals surface area (Å²) >= 11 is 0. The van der Waals surface area contributed by atoms with Crippen molar-refractivity contribution < 1.29 is 19.1 Å². The maximum absolute atomic E-state index is 11.3. The zero-order valence-electron chi connectivity index (χ0n) is 10.9. The van der Waals surface area contributed by atoms with E-state index in [2.05, 4.69) is 7.85 Å². The molecule has 0 heterocycles. The number of carbonyl (C=O) groups is 2. The molecule has 0 aromatic carbocycles. The molecule has 0 N–H and O–H groups in total. The Labute approximate surface area is 103 Å². The fraction of sp³-hybridized carbons (Fsp3) is 0.833. The van der Waals surface area contributed by atoms with Crippen LogP contribution in [0.3, 0.4) is 0 Å². The summed E-state index contributed by atoms with van der Waals surface area (Å²) in [4.78, 5) is 22.4. The minimum atomic E-state index is -0.190. The molecule has 0 amide bonds. The molecule has 0 aromatic rings. The van der Waals surface area contributed by atoms with E-state index in [0.717, 1.165) is 12.8 Å². The summed E-state index contributed by atoms with van der Waals surface area (Å²) in [5, 5.41) is 0. The summed E-state index contributed by atoms with van der Waals surface area (Å²) in [6.45, 7) is 3.93. The maximum Gasteiger partial charge on any atom is 0.305 e. The van der Waals surface area contributed by atoms with Crippen molar-refractivity contribution in [2.24, 2.45) is 5.92 Å². The SMILES string of the molecule is B[C@H]1C[C@@H](COC(=O)CC)[C@@H](OC(=O)CC)C1. The lowest BCUT2D eigenvalue weighted by Crippen LogP contribution is -2.26. The van der Waals surface area contributed by atoms with Gasteiger partial charge in [-0.3, -0.25) is 9.59 Å². The van der Waals surface area contributed by atoms with E-state index in [1.54, 1.807) is 13.8 Å². The van der Waals surface area contributed by atoms with Crippen molar-refractivity contribution in [3.63, 3.8) is 0 Å². The first-order chi connectivity index (χ1) is 8.06. The summed E-state index contributed by atoms with van der Waals surface area (Å²) < 4.78 is 10.5. The molecule has 0 aromatic heterocycles. The van der Waals surface area contributed by atoms with Gasteiger partial charge < -0.3 is 9.47 Å². The fourth-order valence-electron chi connectivity index (χ4n) is 2.23. The van der Waals surface area contributed by atoms with Crippen LogP contribution in [-0.2, 0) is 19.1 Å². The van der Waals surface area contributed by atoms with Crippen molar-refractivity contribution in [1.82, 2.24) is 0 Å². The Kier molecular flexibility index (Phi) is 5.52. The minimum Gasteiger partial charge on any atom is -0.465 e. The Morgan fingerprint density at radius 2 is 1.82 bits per heavy atom. The standard InChI is InChI=1S/C12H21BO4/c1-3-11(14)16-7-8-5-9(13)6-10(8)17-12(15)4-2/h8-10H,3-7,13H2,1-2H3/t8-,9-,10-/m0/s1. The van der Waals surface area contributed by atoms with Crippen molar-refractivity contribution in [2.45, 2.75) is 51.5 Å². The molecule has 0 saturated heterocycles. The number of rotatable bonds is 5. The average molecular weight is 240 g/mol. The van der Waals surface area contributed by atoms with Gasteiger partial charge in [-0.15, -0.1) is 0 Å². The number of esters is 2. The molecule has 0 aliphatic heterocycles. The predicted octanol–water partition coefficient (Wildman–Crippen LogP) is 1.09. The third kappa shape index (κ3) is 4.40.